The van der Waals surface area contributed by atoms with Crippen LogP contribution in [0.1, 0.15) is 38.3 Å². The summed E-state index contributed by atoms with van der Waals surface area (Å²) in [6.45, 7) is 10.6. The third-order valence-electron chi connectivity index (χ3n) is 3.34. The Bertz CT molecular complexity index is 427. The minimum atomic E-state index is 0. The molecule has 114 valence electrons. The van der Waals surface area contributed by atoms with Crippen LogP contribution in [0.25, 0.3) is 0 Å². The fourth-order valence-electron chi connectivity index (χ4n) is 2.20. The lowest BCUT2D eigenvalue weighted by Crippen LogP contribution is -2.43. The highest BCUT2D eigenvalue weighted by molar-refractivity contribution is 14.0. The molecule has 1 aromatic rings. The second-order valence-corrected chi connectivity index (χ2v) is 5.55. The molecule has 0 bridgehead atoms. The van der Waals surface area contributed by atoms with Crippen molar-refractivity contribution in [3.8, 4) is 0 Å². The zero-order valence-electron chi connectivity index (χ0n) is 13.3. The van der Waals surface area contributed by atoms with E-state index in [4.69, 9.17) is 0 Å². The van der Waals surface area contributed by atoms with E-state index in [1.165, 1.54) is 11.1 Å². The maximum absolute atomic E-state index is 4.24. The maximum atomic E-state index is 4.24. The van der Waals surface area contributed by atoms with Crippen LogP contribution in [0.4, 0.5) is 0 Å². The van der Waals surface area contributed by atoms with Crippen LogP contribution in [0.15, 0.2) is 29.3 Å². The first kappa shape index (κ1) is 19.2. The first-order chi connectivity index (χ1) is 9.01. The number of halogens is 1. The summed E-state index contributed by atoms with van der Waals surface area (Å²) in [5, 5.41) is 6.71. The molecule has 1 aromatic carbocycles. The first-order valence-corrected chi connectivity index (χ1v) is 7.02. The molecule has 2 N–H and O–H groups in total. The summed E-state index contributed by atoms with van der Waals surface area (Å²) in [5.41, 5.74) is 2.80. The van der Waals surface area contributed by atoms with E-state index in [0.29, 0.717) is 0 Å². The van der Waals surface area contributed by atoms with E-state index in [1.807, 2.05) is 7.05 Å². The van der Waals surface area contributed by atoms with Crippen LogP contribution in [-0.4, -0.2) is 26.1 Å². The average Bonchev–Trinajstić information content (AvgIpc) is 2.39. The van der Waals surface area contributed by atoms with Crippen LogP contribution < -0.4 is 10.6 Å². The van der Waals surface area contributed by atoms with Crippen molar-refractivity contribution in [2.45, 2.75) is 39.5 Å². The fraction of sp³-hybridized carbons (Fsp3) is 0.562. The molecule has 0 saturated carbocycles. The van der Waals surface area contributed by atoms with Gasteiger partial charge in [-0.25, -0.2) is 0 Å². The Balaban J connectivity index is 0.00000361. The number of guanidine groups is 1. The van der Waals surface area contributed by atoms with E-state index < -0.39 is 0 Å². The minimum Gasteiger partial charge on any atom is -0.356 e. The Morgan fingerprint density at radius 2 is 1.85 bits per heavy atom. The zero-order valence-corrected chi connectivity index (χ0v) is 15.6. The van der Waals surface area contributed by atoms with Crippen LogP contribution >= 0.6 is 24.0 Å². The molecule has 0 heterocycles. The van der Waals surface area contributed by atoms with E-state index in [9.17, 15) is 0 Å². The van der Waals surface area contributed by atoms with Crippen molar-refractivity contribution in [1.82, 2.24) is 10.6 Å². The van der Waals surface area contributed by atoms with Gasteiger partial charge in [0.05, 0.1) is 0 Å². The normalized spacial score (nSPS) is 11.8. The zero-order chi connectivity index (χ0) is 14.3. The minimum absolute atomic E-state index is 0. The second kappa shape index (κ2) is 9.21. The molecule has 0 aromatic heterocycles. The Morgan fingerprint density at radius 1 is 1.20 bits per heavy atom. The lowest BCUT2D eigenvalue weighted by Gasteiger charge is -2.28. The standard InChI is InChI=1S/C16H27N3.HI/c1-6-11-18-15(17-5)19-12-16(3,4)14-10-8-7-9-13(14)2;/h7-10H,6,11-12H2,1-5H3,(H2,17,18,19);1H. The van der Waals surface area contributed by atoms with Gasteiger partial charge in [-0.2, -0.15) is 0 Å². The van der Waals surface area contributed by atoms with Gasteiger partial charge in [-0.05, 0) is 24.5 Å². The number of nitrogens with one attached hydrogen (secondary N) is 2. The van der Waals surface area contributed by atoms with Gasteiger partial charge in [0.15, 0.2) is 5.96 Å². The third-order valence-corrected chi connectivity index (χ3v) is 3.34. The Morgan fingerprint density at radius 3 is 2.40 bits per heavy atom. The molecule has 0 unspecified atom stereocenters. The number of benzene rings is 1. The van der Waals surface area contributed by atoms with Crippen LogP contribution in [0.2, 0.25) is 0 Å². The van der Waals surface area contributed by atoms with Crippen molar-refractivity contribution in [2.75, 3.05) is 20.1 Å². The molecule has 0 amide bonds. The summed E-state index contributed by atoms with van der Waals surface area (Å²) in [7, 11) is 1.81. The first-order valence-electron chi connectivity index (χ1n) is 7.02. The Hall–Kier alpha value is -0.780. The predicted molar refractivity (Wildman–Crippen MR) is 99.3 cm³/mol. The molecule has 0 fully saturated rings. The van der Waals surface area contributed by atoms with Crippen LogP contribution in [0.3, 0.4) is 0 Å². The number of aryl methyl sites for hydroxylation is 1. The molecule has 20 heavy (non-hydrogen) atoms. The van der Waals surface area contributed by atoms with Crippen molar-refractivity contribution in [1.29, 1.82) is 0 Å². The summed E-state index contributed by atoms with van der Waals surface area (Å²) >= 11 is 0. The largest absolute Gasteiger partial charge is 0.356 e. The molecular weight excluding hydrogens is 361 g/mol. The number of hydrogen-bond donors (Lipinski definition) is 2. The lowest BCUT2D eigenvalue weighted by atomic mass is 9.82. The molecular formula is C16H28IN3. The lowest BCUT2D eigenvalue weighted by molar-refractivity contribution is 0.506. The van der Waals surface area contributed by atoms with Gasteiger partial charge in [0, 0.05) is 25.6 Å². The monoisotopic (exact) mass is 389 g/mol. The number of nitrogens with zero attached hydrogens (tertiary/aromatic N) is 1. The summed E-state index contributed by atoms with van der Waals surface area (Å²) in [6, 6.07) is 8.57. The van der Waals surface area contributed by atoms with E-state index in [1.54, 1.807) is 0 Å². The molecule has 0 saturated heterocycles. The van der Waals surface area contributed by atoms with Crippen molar-refractivity contribution in [2.24, 2.45) is 4.99 Å². The highest BCUT2D eigenvalue weighted by Crippen LogP contribution is 2.25. The van der Waals surface area contributed by atoms with Gasteiger partial charge in [0.25, 0.3) is 0 Å². The molecule has 0 radical (unpaired) electrons. The van der Waals surface area contributed by atoms with Gasteiger partial charge < -0.3 is 10.6 Å². The molecule has 0 aliphatic rings. The smallest absolute Gasteiger partial charge is 0.191 e. The topological polar surface area (TPSA) is 36.4 Å². The predicted octanol–water partition coefficient (Wildman–Crippen LogP) is 3.47. The SMILES string of the molecule is CCCNC(=NC)NCC(C)(C)c1ccccc1C.I. The highest BCUT2D eigenvalue weighted by Gasteiger charge is 2.22. The van der Waals surface area contributed by atoms with Gasteiger partial charge in [-0.1, -0.05) is 45.0 Å². The summed E-state index contributed by atoms with van der Waals surface area (Å²) in [6.07, 6.45) is 1.10. The molecule has 3 nitrogen and oxygen atoms in total. The second-order valence-electron chi connectivity index (χ2n) is 5.55. The van der Waals surface area contributed by atoms with Gasteiger partial charge in [0.1, 0.15) is 0 Å². The highest BCUT2D eigenvalue weighted by atomic mass is 127. The van der Waals surface area contributed by atoms with Crippen molar-refractivity contribution in [3.63, 3.8) is 0 Å². The molecule has 0 aliphatic carbocycles. The molecule has 0 spiro atoms. The quantitative estimate of drug-likeness (QED) is 0.460. The number of aliphatic imine (C=N–C) groups is 1. The summed E-state index contributed by atoms with van der Waals surface area (Å²) in [5.74, 6) is 0.878. The molecule has 1 rings (SSSR count). The van der Waals surface area contributed by atoms with E-state index >= 15 is 0 Å². The van der Waals surface area contributed by atoms with Gasteiger partial charge in [0.2, 0.25) is 0 Å². The maximum Gasteiger partial charge on any atom is 0.191 e. The average molecular weight is 389 g/mol. The van der Waals surface area contributed by atoms with Crippen LogP contribution in [-0.2, 0) is 5.41 Å². The van der Waals surface area contributed by atoms with Gasteiger partial charge in [-0.3, -0.25) is 4.99 Å². The molecule has 0 aliphatic heterocycles. The summed E-state index contributed by atoms with van der Waals surface area (Å²) in [4.78, 5) is 4.24. The molecule has 0 atom stereocenters. The number of hydrogen-bond acceptors (Lipinski definition) is 1. The Labute approximate surface area is 140 Å². The fourth-order valence-corrected chi connectivity index (χ4v) is 2.20. The van der Waals surface area contributed by atoms with E-state index in [2.05, 4.69) is 67.6 Å². The van der Waals surface area contributed by atoms with Crippen molar-refractivity contribution >= 4 is 29.9 Å². The van der Waals surface area contributed by atoms with E-state index in [0.717, 1.165) is 25.5 Å². The Kier molecular flexibility index (Phi) is 8.85. The number of rotatable bonds is 5. The van der Waals surface area contributed by atoms with E-state index in [-0.39, 0.29) is 29.4 Å². The third kappa shape index (κ3) is 5.69. The van der Waals surface area contributed by atoms with Crippen LogP contribution in [0.5, 0.6) is 0 Å². The van der Waals surface area contributed by atoms with Crippen molar-refractivity contribution in [3.05, 3.63) is 35.4 Å². The van der Waals surface area contributed by atoms with Gasteiger partial charge >= 0.3 is 0 Å². The molecule has 4 heteroatoms. The van der Waals surface area contributed by atoms with Crippen molar-refractivity contribution < 1.29 is 0 Å². The van der Waals surface area contributed by atoms with Crippen LogP contribution in [0, 0.1) is 6.92 Å². The van der Waals surface area contributed by atoms with Gasteiger partial charge in [-0.15, -0.1) is 24.0 Å². The summed E-state index contributed by atoms with van der Waals surface area (Å²) < 4.78 is 0.